The number of fused-ring (bicyclic) bond motifs is 1. The van der Waals surface area contributed by atoms with Crippen molar-refractivity contribution in [2.45, 2.75) is 13.3 Å². The molecular weight excluding hydrogens is 234 g/mol. The van der Waals surface area contributed by atoms with E-state index in [4.69, 9.17) is 0 Å². The van der Waals surface area contributed by atoms with Gasteiger partial charge in [-0.3, -0.25) is 4.79 Å². The predicted molar refractivity (Wildman–Crippen MR) is 78.9 cm³/mol. The summed E-state index contributed by atoms with van der Waals surface area (Å²) in [4.78, 5) is 13.7. The minimum atomic E-state index is 0.114. The van der Waals surface area contributed by atoms with Crippen molar-refractivity contribution in [3.8, 4) is 11.1 Å². The van der Waals surface area contributed by atoms with Crippen LogP contribution in [-0.4, -0.2) is 19.4 Å². The zero-order chi connectivity index (χ0) is 13.4. The molecule has 0 saturated carbocycles. The van der Waals surface area contributed by atoms with Crippen LogP contribution in [0.2, 0.25) is 0 Å². The van der Waals surface area contributed by atoms with E-state index in [1.54, 1.807) is 6.92 Å². The van der Waals surface area contributed by atoms with Crippen LogP contribution in [0.25, 0.3) is 11.1 Å². The normalized spacial score (nSPS) is 13.5. The van der Waals surface area contributed by atoms with Gasteiger partial charge in [0.2, 0.25) is 0 Å². The van der Waals surface area contributed by atoms with Gasteiger partial charge < -0.3 is 4.90 Å². The van der Waals surface area contributed by atoms with Crippen LogP contribution in [0.5, 0.6) is 0 Å². The third-order valence-corrected chi connectivity index (χ3v) is 3.81. The molecule has 2 nitrogen and oxygen atoms in total. The average Bonchev–Trinajstić information content (AvgIpc) is 2.80. The van der Waals surface area contributed by atoms with Gasteiger partial charge in [0, 0.05) is 24.8 Å². The maximum atomic E-state index is 11.5. The van der Waals surface area contributed by atoms with Crippen LogP contribution in [0.3, 0.4) is 0 Å². The van der Waals surface area contributed by atoms with E-state index >= 15 is 0 Å². The number of carbonyl (C=O) groups is 1. The molecule has 1 heterocycles. The summed E-state index contributed by atoms with van der Waals surface area (Å²) in [7, 11) is 2.13. The molecule has 0 unspecified atom stereocenters. The number of carbonyl (C=O) groups excluding carboxylic acids is 1. The number of ketones is 1. The molecule has 96 valence electrons. The summed E-state index contributed by atoms with van der Waals surface area (Å²) >= 11 is 0. The highest BCUT2D eigenvalue weighted by molar-refractivity contribution is 5.95. The second kappa shape index (κ2) is 4.54. The standard InChI is InChI=1S/C17H17NO/c1-12(19)13-4-3-5-14(10-13)15-6-7-17-16(11-15)8-9-18(17)2/h3-7,10-11H,8-9H2,1-2H3. The lowest BCUT2D eigenvalue weighted by molar-refractivity contribution is 0.101. The molecule has 0 bridgehead atoms. The van der Waals surface area contributed by atoms with Crippen LogP contribution in [0.4, 0.5) is 5.69 Å². The fraction of sp³-hybridized carbons (Fsp3) is 0.235. The van der Waals surface area contributed by atoms with Gasteiger partial charge in [-0.15, -0.1) is 0 Å². The van der Waals surface area contributed by atoms with Gasteiger partial charge in [-0.1, -0.05) is 24.3 Å². The fourth-order valence-corrected chi connectivity index (χ4v) is 2.66. The van der Waals surface area contributed by atoms with E-state index in [-0.39, 0.29) is 5.78 Å². The quantitative estimate of drug-likeness (QED) is 0.761. The number of hydrogen-bond acceptors (Lipinski definition) is 2. The molecule has 0 radical (unpaired) electrons. The molecule has 0 atom stereocenters. The predicted octanol–water partition coefficient (Wildman–Crippen LogP) is 3.55. The SMILES string of the molecule is CC(=O)c1cccc(-c2ccc3c(c2)CCN3C)c1. The van der Waals surface area contributed by atoms with Crippen molar-refractivity contribution in [2.24, 2.45) is 0 Å². The summed E-state index contributed by atoms with van der Waals surface area (Å²) in [5, 5.41) is 0. The number of likely N-dealkylation sites (N-methyl/N-ethyl adjacent to an activating group) is 1. The summed E-state index contributed by atoms with van der Waals surface area (Å²) in [5.74, 6) is 0.114. The van der Waals surface area contributed by atoms with Crippen molar-refractivity contribution in [2.75, 3.05) is 18.5 Å². The van der Waals surface area contributed by atoms with E-state index in [9.17, 15) is 4.79 Å². The van der Waals surface area contributed by atoms with Crippen LogP contribution in [0.15, 0.2) is 42.5 Å². The first-order chi connectivity index (χ1) is 9.15. The van der Waals surface area contributed by atoms with E-state index in [0.717, 1.165) is 24.1 Å². The van der Waals surface area contributed by atoms with Gasteiger partial charge in [-0.25, -0.2) is 0 Å². The lowest BCUT2D eigenvalue weighted by Crippen LogP contribution is -2.12. The molecule has 0 saturated heterocycles. The lowest BCUT2D eigenvalue weighted by atomic mass is 9.99. The third kappa shape index (κ3) is 2.14. The molecule has 0 N–H and O–H groups in total. The Bertz CT molecular complexity index is 645. The van der Waals surface area contributed by atoms with Gasteiger partial charge in [-0.05, 0) is 48.2 Å². The van der Waals surface area contributed by atoms with Crippen LogP contribution < -0.4 is 4.90 Å². The first-order valence-corrected chi connectivity index (χ1v) is 6.60. The first kappa shape index (κ1) is 12.0. The van der Waals surface area contributed by atoms with Crippen LogP contribution in [0, 0.1) is 0 Å². The van der Waals surface area contributed by atoms with Crippen molar-refractivity contribution in [1.82, 2.24) is 0 Å². The molecule has 0 aliphatic carbocycles. The van der Waals surface area contributed by atoms with Crippen molar-refractivity contribution >= 4 is 11.5 Å². The second-order valence-corrected chi connectivity index (χ2v) is 5.15. The number of Topliss-reactive ketones (excluding diaryl/α,β-unsaturated/α-hetero) is 1. The Labute approximate surface area is 113 Å². The van der Waals surface area contributed by atoms with Crippen molar-refractivity contribution in [3.05, 3.63) is 53.6 Å². The molecule has 0 aromatic heterocycles. The minimum Gasteiger partial charge on any atom is -0.374 e. The maximum Gasteiger partial charge on any atom is 0.159 e. The van der Waals surface area contributed by atoms with E-state index in [0.29, 0.717) is 0 Å². The van der Waals surface area contributed by atoms with E-state index in [1.165, 1.54) is 16.8 Å². The van der Waals surface area contributed by atoms with Gasteiger partial charge in [-0.2, -0.15) is 0 Å². The van der Waals surface area contributed by atoms with Gasteiger partial charge in [0.15, 0.2) is 5.78 Å². The molecule has 2 aromatic carbocycles. The van der Waals surface area contributed by atoms with Gasteiger partial charge >= 0.3 is 0 Å². The molecule has 0 fully saturated rings. The Morgan fingerprint density at radius 2 is 1.89 bits per heavy atom. The summed E-state index contributed by atoms with van der Waals surface area (Å²) in [5.41, 5.74) is 5.80. The molecule has 19 heavy (non-hydrogen) atoms. The van der Waals surface area contributed by atoms with E-state index in [1.807, 2.05) is 18.2 Å². The number of benzene rings is 2. The summed E-state index contributed by atoms with van der Waals surface area (Å²) in [6.07, 6.45) is 1.10. The molecule has 2 heteroatoms. The summed E-state index contributed by atoms with van der Waals surface area (Å²) < 4.78 is 0. The Balaban J connectivity index is 2.03. The largest absolute Gasteiger partial charge is 0.374 e. The van der Waals surface area contributed by atoms with Crippen LogP contribution in [-0.2, 0) is 6.42 Å². The number of nitrogens with zero attached hydrogens (tertiary/aromatic N) is 1. The van der Waals surface area contributed by atoms with Crippen LogP contribution >= 0.6 is 0 Å². The van der Waals surface area contributed by atoms with E-state index in [2.05, 4.69) is 36.2 Å². The smallest absolute Gasteiger partial charge is 0.159 e. The zero-order valence-electron chi connectivity index (χ0n) is 11.3. The maximum absolute atomic E-state index is 11.5. The van der Waals surface area contributed by atoms with Gasteiger partial charge in [0.1, 0.15) is 0 Å². The summed E-state index contributed by atoms with van der Waals surface area (Å²) in [6, 6.07) is 14.4. The highest BCUT2D eigenvalue weighted by atomic mass is 16.1. The van der Waals surface area contributed by atoms with Crippen molar-refractivity contribution in [1.29, 1.82) is 0 Å². The van der Waals surface area contributed by atoms with E-state index < -0.39 is 0 Å². The minimum absolute atomic E-state index is 0.114. The summed E-state index contributed by atoms with van der Waals surface area (Å²) in [6.45, 7) is 2.70. The monoisotopic (exact) mass is 251 g/mol. The highest BCUT2D eigenvalue weighted by Crippen LogP contribution is 2.31. The molecular formula is C17H17NO. The van der Waals surface area contributed by atoms with Crippen LogP contribution in [0.1, 0.15) is 22.8 Å². The second-order valence-electron chi connectivity index (χ2n) is 5.15. The number of rotatable bonds is 2. The lowest BCUT2D eigenvalue weighted by Gasteiger charge is -2.12. The fourth-order valence-electron chi connectivity index (χ4n) is 2.66. The van der Waals surface area contributed by atoms with Gasteiger partial charge in [0.05, 0.1) is 0 Å². The number of anilines is 1. The Hall–Kier alpha value is -2.09. The Kier molecular flexibility index (Phi) is 2.86. The van der Waals surface area contributed by atoms with Crippen molar-refractivity contribution in [3.63, 3.8) is 0 Å². The first-order valence-electron chi connectivity index (χ1n) is 6.60. The molecule has 0 spiro atoms. The third-order valence-electron chi connectivity index (χ3n) is 3.81. The zero-order valence-corrected chi connectivity index (χ0v) is 11.3. The highest BCUT2D eigenvalue weighted by Gasteiger charge is 2.16. The molecule has 1 aliphatic heterocycles. The van der Waals surface area contributed by atoms with Crippen molar-refractivity contribution < 1.29 is 4.79 Å². The molecule has 1 aliphatic rings. The van der Waals surface area contributed by atoms with Gasteiger partial charge in [0.25, 0.3) is 0 Å². The Morgan fingerprint density at radius 3 is 2.68 bits per heavy atom. The molecule has 2 aromatic rings. The Morgan fingerprint density at radius 1 is 1.11 bits per heavy atom. The molecule has 3 rings (SSSR count). The average molecular weight is 251 g/mol. The topological polar surface area (TPSA) is 20.3 Å². The number of hydrogen-bond donors (Lipinski definition) is 0. The molecule has 0 amide bonds.